The van der Waals surface area contributed by atoms with Crippen LogP contribution in [-0.4, -0.2) is 10.1 Å². The van der Waals surface area contributed by atoms with Gasteiger partial charge in [-0.15, -0.1) is 6.58 Å². The molecule has 1 atom stereocenters. The Balaban J connectivity index is 2.26. The van der Waals surface area contributed by atoms with Gasteiger partial charge in [-0.25, -0.2) is 0 Å². The highest BCUT2D eigenvalue weighted by atomic mass is 16.3. The second-order valence-electron chi connectivity index (χ2n) is 7.75. The van der Waals surface area contributed by atoms with E-state index in [9.17, 15) is 5.11 Å². The number of phenols is 1. The first-order valence-electron chi connectivity index (χ1n) is 8.52. The molecule has 23 heavy (non-hydrogen) atoms. The van der Waals surface area contributed by atoms with Crippen molar-refractivity contribution in [3.05, 3.63) is 48.7 Å². The Morgan fingerprint density at radius 3 is 2.70 bits per heavy atom. The van der Waals surface area contributed by atoms with E-state index in [0.717, 1.165) is 28.8 Å². The summed E-state index contributed by atoms with van der Waals surface area (Å²) in [7, 11) is 0. The van der Waals surface area contributed by atoms with E-state index in [-0.39, 0.29) is 11.3 Å². The maximum Gasteiger partial charge on any atom is 0.120 e. The molecule has 0 bridgehead atoms. The van der Waals surface area contributed by atoms with Gasteiger partial charge in [0.05, 0.1) is 5.52 Å². The van der Waals surface area contributed by atoms with Gasteiger partial charge in [-0.1, -0.05) is 46.3 Å². The van der Waals surface area contributed by atoms with E-state index in [4.69, 9.17) is 0 Å². The molecular weight excluding hydrogens is 282 g/mol. The molecule has 0 fully saturated rings. The summed E-state index contributed by atoms with van der Waals surface area (Å²) in [4.78, 5) is 4.41. The zero-order valence-corrected chi connectivity index (χ0v) is 14.8. The number of hydrogen-bond donors (Lipinski definition) is 1. The largest absolute Gasteiger partial charge is 0.508 e. The molecule has 0 aliphatic heterocycles. The maximum absolute atomic E-state index is 10.4. The lowest BCUT2D eigenvalue weighted by Crippen LogP contribution is -2.16. The van der Waals surface area contributed by atoms with Crippen LogP contribution in [0.1, 0.15) is 58.4 Å². The highest BCUT2D eigenvalue weighted by Crippen LogP contribution is 2.40. The molecule has 0 amide bonds. The van der Waals surface area contributed by atoms with E-state index < -0.39 is 0 Å². The molecule has 1 N–H and O–H groups in total. The van der Waals surface area contributed by atoms with Crippen molar-refractivity contribution in [3.8, 4) is 5.75 Å². The van der Waals surface area contributed by atoms with Crippen LogP contribution in [0.3, 0.4) is 0 Å². The predicted molar refractivity (Wildman–Crippen MR) is 98.8 cm³/mol. The Hall–Kier alpha value is -1.83. The molecule has 0 radical (unpaired) electrons. The van der Waals surface area contributed by atoms with Crippen molar-refractivity contribution in [2.75, 3.05) is 0 Å². The van der Waals surface area contributed by atoms with Crippen LogP contribution in [0.5, 0.6) is 5.75 Å². The minimum absolute atomic E-state index is 0.142. The van der Waals surface area contributed by atoms with Gasteiger partial charge in [0.2, 0.25) is 0 Å². The van der Waals surface area contributed by atoms with E-state index in [2.05, 4.69) is 39.3 Å². The van der Waals surface area contributed by atoms with Crippen LogP contribution >= 0.6 is 0 Å². The number of pyridine rings is 1. The number of phenolic OH excluding ortho intramolecular Hbond substituents is 1. The number of hydrogen-bond acceptors (Lipinski definition) is 2. The Bertz CT molecular complexity index is 673. The normalized spacial score (nSPS) is 13.4. The van der Waals surface area contributed by atoms with Gasteiger partial charge in [-0.05, 0) is 42.4 Å². The van der Waals surface area contributed by atoms with Crippen LogP contribution in [0.2, 0.25) is 0 Å². The van der Waals surface area contributed by atoms with Gasteiger partial charge in [-0.2, -0.15) is 0 Å². The Morgan fingerprint density at radius 2 is 2.04 bits per heavy atom. The van der Waals surface area contributed by atoms with Crippen molar-refractivity contribution < 1.29 is 5.11 Å². The highest BCUT2D eigenvalue weighted by molar-refractivity contribution is 5.81. The standard InChI is InChI=1S/C21H29NO/c1-6-16(14-21(4,5)10-9-15(2)3)18-13-19-17(12-20(18)23)8-7-11-22-19/h6-8,11-13,15-16,23H,1,9-10,14H2,2-5H3. The SMILES string of the molecule is C=CC(CC(C)(C)CCC(C)C)c1cc2ncccc2cc1O. The number of nitrogens with zero attached hydrogens (tertiary/aromatic N) is 1. The summed E-state index contributed by atoms with van der Waals surface area (Å²) >= 11 is 0. The number of aromatic nitrogens is 1. The van der Waals surface area contributed by atoms with Crippen molar-refractivity contribution in [1.82, 2.24) is 4.98 Å². The second-order valence-corrected chi connectivity index (χ2v) is 7.75. The Morgan fingerprint density at radius 1 is 1.30 bits per heavy atom. The zero-order valence-electron chi connectivity index (χ0n) is 14.8. The zero-order chi connectivity index (χ0) is 17.0. The van der Waals surface area contributed by atoms with Gasteiger partial charge in [-0.3, -0.25) is 4.98 Å². The molecular formula is C21H29NO. The summed E-state index contributed by atoms with van der Waals surface area (Å²) in [6, 6.07) is 7.69. The molecule has 0 spiro atoms. The third kappa shape index (κ3) is 4.57. The van der Waals surface area contributed by atoms with E-state index in [1.165, 1.54) is 12.8 Å². The van der Waals surface area contributed by atoms with E-state index in [0.29, 0.717) is 5.75 Å². The highest BCUT2D eigenvalue weighted by Gasteiger charge is 2.24. The molecule has 0 saturated carbocycles. The van der Waals surface area contributed by atoms with Crippen LogP contribution < -0.4 is 0 Å². The summed E-state index contributed by atoms with van der Waals surface area (Å²) in [6.45, 7) is 13.2. The summed E-state index contributed by atoms with van der Waals surface area (Å²) in [5.74, 6) is 1.20. The minimum atomic E-state index is 0.142. The van der Waals surface area contributed by atoms with E-state index in [1.54, 1.807) is 6.20 Å². The molecule has 124 valence electrons. The molecule has 2 rings (SSSR count). The van der Waals surface area contributed by atoms with Crippen molar-refractivity contribution in [2.45, 2.75) is 52.9 Å². The van der Waals surface area contributed by atoms with Crippen molar-refractivity contribution in [3.63, 3.8) is 0 Å². The first-order valence-corrected chi connectivity index (χ1v) is 8.52. The van der Waals surface area contributed by atoms with Crippen LogP contribution in [0, 0.1) is 11.3 Å². The molecule has 2 heteroatoms. The van der Waals surface area contributed by atoms with Crippen LogP contribution in [-0.2, 0) is 0 Å². The molecule has 1 aromatic carbocycles. The molecule has 0 aliphatic rings. The lowest BCUT2D eigenvalue weighted by molar-refractivity contribution is 0.270. The molecule has 1 unspecified atom stereocenters. The summed E-state index contributed by atoms with van der Waals surface area (Å²) < 4.78 is 0. The number of rotatable bonds is 7. The fourth-order valence-corrected chi connectivity index (χ4v) is 3.12. The summed E-state index contributed by atoms with van der Waals surface area (Å²) in [5.41, 5.74) is 2.07. The monoisotopic (exact) mass is 311 g/mol. The van der Waals surface area contributed by atoms with Crippen molar-refractivity contribution in [2.24, 2.45) is 11.3 Å². The van der Waals surface area contributed by atoms with Crippen LogP contribution in [0.15, 0.2) is 43.1 Å². The molecule has 0 saturated heterocycles. The maximum atomic E-state index is 10.4. The average Bonchev–Trinajstić information content (AvgIpc) is 2.50. The molecule has 0 aliphatic carbocycles. The average molecular weight is 311 g/mol. The number of aromatic hydroxyl groups is 1. The summed E-state index contributed by atoms with van der Waals surface area (Å²) in [5, 5.41) is 11.4. The Kier molecular flexibility index (Phi) is 5.46. The van der Waals surface area contributed by atoms with Gasteiger partial charge >= 0.3 is 0 Å². The molecule has 1 aromatic heterocycles. The van der Waals surface area contributed by atoms with Crippen LogP contribution in [0.25, 0.3) is 10.9 Å². The van der Waals surface area contributed by atoms with Gasteiger partial charge < -0.3 is 5.11 Å². The van der Waals surface area contributed by atoms with Gasteiger partial charge in [0, 0.05) is 23.1 Å². The fraction of sp³-hybridized carbons (Fsp3) is 0.476. The predicted octanol–water partition coefficient (Wildman–Crippen LogP) is 6.06. The summed E-state index contributed by atoms with van der Waals surface area (Å²) in [6.07, 6.45) is 7.14. The van der Waals surface area contributed by atoms with Crippen LogP contribution in [0.4, 0.5) is 0 Å². The first kappa shape index (κ1) is 17.5. The minimum Gasteiger partial charge on any atom is -0.508 e. The van der Waals surface area contributed by atoms with Gasteiger partial charge in [0.25, 0.3) is 0 Å². The lowest BCUT2D eigenvalue weighted by Gasteiger charge is -2.29. The number of allylic oxidation sites excluding steroid dienone is 1. The van der Waals surface area contributed by atoms with Crippen molar-refractivity contribution in [1.29, 1.82) is 0 Å². The smallest absolute Gasteiger partial charge is 0.120 e. The Labute approximate surface area is 140 Å². The van der Waals surface area contributed by atoms with E-state index >= 15 is 0 Å². The quantitative estimate of drug-likeness (QED) is 0.630. The first-order chi connectivity index (χ1) is 10.8. The third-order valence-electron chi connectivity index (χ3n) is 4.61. The second kappa shape index (κ2) is 7.16. The lowest BCUT2D eigenvalue weighted by atomic mass is 9.76. The number of fused-ring (bicyclic) bond motifs is 1. The number of benzene rings is 1. The van der Waals surface area contributed by atoms with Crippen molar-refractivity contribution >= 4 is 10.9 Å². The molecule has 1 heterocycles. The topological polar surface area (TPSA) is 33.1 Å². The van der Waals surface area contributed by atoms with E-state index in [1.807, 2.05) is 30.3 Å². The van der Waals surface area contributed by atoms with Gasteiger partial charge in [0.15, 0.2) is 0 Å². The third-order valence-corrected chi connectivity index (χ3v) is 4.61. The fourth-order valence-electron chi connectivity index (χ4n) is 3.12. The molecule has 2 nitrogen and oxygen atoms in total. The van der Waals surface area contributed by atoms with Gasteiger partial charge in [0.1, 0.15) is 5.75 Å². The molecule has 2 aromatic rings.